The molecule has 0 unspecified atom stereocenters. The summed E-state index contributed by atoms with van der Waals surface area (Å²) in [5.41, 5.74) is 6.53. The van der Waals surface area contributed by atoms with Crippen LogP contribution in [0, 0.1) is 13.8 Å². The van der Waals surface area contributed by atoms with E-state index in [1.54, 1.807) is 13.8 Å². The van der Waals surface area contributed by atoms with Crippen LogP contribution in [0.1, 0.15) is 29.9 Å². The lowest BCUT2D eigenvalue weighted by Gasteiger charge is -2.34. The number of hydrogen-bond donors (Lipinski definition) is 3. The second kappa shape index (κ2) is 4.89. The third-order valence-corrected chi connectivity index (χ3v) is 3.35. The summed E-state index contributed by atoms with van der Waals surface area (Å²) in [4.78, 5) is 30.3. The van der Waals surface area contributed by atoms with Crippen LogP contribution in [-0.4, -0.2) is 28.0 Å². The molecule has 0 aliphatic heterocycles. The highest BCUT2D eigenvalue weighted by Gasteiger charge is 2.28. The molecule has 0 spiro atoms. The second-order valence-electron chi connectivity index (χ2n) is 4.81. The summed E-state index contributed by atoms with van der Waals surface area (Å²) in [5, 5.41) is 2.84. The molecule has 2 atom stereocenters. The zero-order valence-electron chi connectivity index (χ0n) is 10.6. The highest BCUT2D eigenvalue weighted by molar-refractivity contribution is 5.79. The topological polar surface area (TPSA) is 101 Å². The second-order valence-corrected chi connectivity index (χ2v) is 4.81. The number of rotatable bonds is 3. The number of nitrogens with two attached hydrogens (primary N) is 1. The normalized spacial score (nSPS) is 22.4. The Kier molecular flexibility index (Phi) is 3.47. The van der Waals surface area contributed by atoms with Gasteiger partial charge >= 0.3 is 0 Å². The van der Waals surface area contributed by atoms with Gasteiger partial charge in [0.05, 0.1) is 6.42 Å². The number of aromatic nitrogens is 2. The van der Waals surface area contributed by atoms with Crippen LogP contribution in [0.15, 0.2) is 4.79 Å². The fourth-order valence-electron chi connectivity index (χ4n) is 2.08. The first-order valence-electron chi connectivity index (χ1n) is 6.08. The van der Waals surface area contributed by atoms with Gasteiger partial charge in [-0.15, -0.1) is 0 Å². The minimum atomic E-state index is -0.243. The summed E-state index contributed by atoms with van der Waals surface area (Å²) in [7, 11) is 0. The van der Waals surface area contributed by atoms with E-state index in [2.05, 4.69) is 15.3 Å². The number of nitrogens with zero attached hydrogens (tertiary/aromatic N) is 1. The van der Waals surface area contributed by atoms with Crippen molar-refractivity contribution in [1.29, 1.82) is 0 Å². The quantitative estimate of drug-likeness (QED) is 0.675. The molecule has 0 saturated heterocycles. The Balaban J connectivity index is 2.05. The summed E-state index contributed by atoms with van der Waals surface area (Å²) in [6, 6.07) is 0.0970. The molecule has 18 heavy (non-hydrogen) atoms. The molecule has 1 saturated carbocycles. The molecule has 1 amide bonds. The summed E-state index contributed by atoms with van der Waals surface area (Å²) in [5.74, 6) is 0.386. The molecule has 1 aromatic heterocycles. The van der Waals surface area contributed by atoms with Gasteiger partial charge < -0.3 is 16.0 Å². The van der Waals surface area contributed by atoms with Crippen LogP contribution in [0.2, 0.25) is 0 Å². The van der Waals surface area contributed by atoms with Crippen molar-refractivity contribution in [3.05, 3.63) is 27.4 Å². The van der Waals surface area contributed by atoms with Crippen molar-refractivity contribution in [2.45, 2.75) is 45.2 Å². The number of nitrogens with one attached hydrogen (secondary N) is 2. The van der Waals surface area contributed by atoms with Crippen LogP contribution in [-0.2, 0) is 11.2 Å². The van der Waals surface area contributed by atoms with Gasteiger partial charge in [0.2, 0.25) is 5.91 Å². The predicted molar refractivity (Wildman–Crippen MR) is 67.2 cm³/mol. The van der Waals surface area contributed by atoms with Crippen LogP contribution in [0.3, 0.4) is 0 Å². The van der Waals surface area contributed by atoms with Gasteiger partial charge in [-0.1, -0.05) is 0 Å². The van der Waals surface area contributed by atoms with Gasteiger partial charge in [-0.2, -0.15) is 0 Å². The van der Waals surface area contributed by atoms with Crippen LogP contribution in [0.25, 0.3) is 0 Å². The average molecular weight is 250 g/mol. The maximum Gasteiger partial charge on any atom is 0.254 e. The predicted octanol–water partition coefficient (Wildman–Crippen LogP) is -0.465. The van der Waals surface area contributed by atoms with Gasteiger partial charge in [0.1, 0.15) is 5.82 Å². The first-order chi connectivity index (χ1) is 8.47. The van der Waals surface area contributed by atoms with E-state index in [4.69, 9.17) is 5.73 Å². The fraction of sp³-hybridized carbons (Fsp3) is 0.583. The van der Waals surface area contributed by atoms with E-state index in [9.17, 15) is 9.59 Å². The molecule has 6 nitrogen and oxygen atoms in total. The first kappa shape index (κ1) is 12.8. The van der Waals surface area contributed by atoms with E-state index in [0.29, 0.717) is 17.1 Å². The zero-order chi connectivity index (χ0) is 13.3. The molecule has 0 bridgehead atoms. The Hall–Kier alpha value is -1.69. The fourth-order valence-corrected chi connectivity index (χ4v) is 2.08. The first-order valence-corrected chi connectivity index (χ1v) is 6.08. The molecule has 1 heterocycles. The number of carbonyl (C=O) groups excluding carboxylic acids is 1. The molecule has 1 fully saturated rings. The smallest absolute Gasteiger partial charge is 0.254 e. The molecule has 1 aromatic rings. The summed E-state index contributed by atoms with van der Waals surface area (Å²) in [6.45, 7) is 3.45. The Labute approximate surface area is 105 Å². The van der Waals surface area contributed by atoms with Gasteiger partial charge in [-0.3, -0.25) is 9.59 Å². The molecule has 2 rings (SSSR count). The molecule has 0 radical (unpaired) electrons. The largest absolute Gasteiger partial charge is 0.352 e. The molecule has 1 aliphatic carbocycles. The van der Waals surface area contributed by atoms with Crippen LogP contribution in [0.4, 0.5) is 0 Å². The van der Waals surface area contributed by atoms with Gasteiger partial charge in [-0.05, 0) is 26.7 Å². The lowest BCUT2D eigenvalue weighted by atomic mass is 9.87. The van der Waals surface area contributed by atoms with Gasteiger partial charge in [0.25, 0.3) is 5.56 Å². The van der Waals surface area contributed by atoms with Crippen molar-refractivity contribution >= 4 is 5.91 Å². The van der Waals surface area contributed by atoms with Crippen molar-refractivity contribution in [3.63, 3.8) is 0 Å². The SMILES string of the molecule is Cc1nc(C)c(CC(=O)N[C@@H]2CC[C@@H]2N)c(=O)[nH]1. The number of H-pyrrole nitrogens is 1. The van der Waals surface area contributed by atoms with Crippen molar-refractivity contribution in [2.75, 3.05) is 0 Å². The minimum Gasteiger partial charge on any atom is -0.352 e. The number of hydrogen-bond acceptors (Lipinski definition) is 4. The monoisotopic (exact) mass is 250 g/mol. The third-order valence-electron chi connectivity index (χ3n) is 3.35. The average Bonchev–Trinajstić information content (AvgIpc) is 2.29. The molecular formula is C12H18N4O2. The Morgan fingerprint density at radius 3 is 2.72 bits per heavy atom. The lowest BCUT2D eigenvalue weighted by molar-refractivity contribution is -0.121. The number of carbonyl (C=O) groups is 1. The van der Waals surface area contributed by atoms with Crippen LogP contribution >= 0.6 is 0 Å². The molecule has 6 heteroatoms. The van der Waals surface area contributed by atoms with Crippen molar-refractivity contribution in [2.24, 2.45) is 5.73 Å². The van der Waals surface area contributed by atoms with Crippen molar-refractivity contribution < 1.29 is 4.79 Å². The molecule has 4 N–H and O–H groups in total. The van der Waals surface area contributed by atoms with E-state index in [-0.39, 0.29) is 30.0 Å². The standard InChI is InChI=1S/C12H18N4O2/c1-6-8(12(18)15-7(2)14-6)5-11(17)16-10-4-3-9(10)13/h9-10H,3-5,13H2,1-2H3,(H,16,17)(H,14,15,18)/t9-,10+/m0/s1. The van der Waals surface area contributed by atoms with E-state index < -0.39 is 0 Å². The maximum absolute atomic E-state index is 11.8. The van der Waals surface area contributed by atoms with Crippen LogP contribution in [0.5, 0.6) is 0 Å². The highest BCUT2D eigenvalue weighted by atomic mass is 16.2. The summed E-state index contributed by atoms with van der Waals surface area (Å²) in [6.07, 6.45) is 1.91. The van der Waals surface area contributed by atoms with Crippen molar-refractivity contribution in [1.82, 2.24) is 15.3 Å². The lowest BCUT2D eigenvalue weighted by Crippen LogP contribution is -2.55. The van der Waals surface area contributed by atoms with Crippen LogP contribution < -0.4 is 16.6 Å². The number of aryl methyl sites for hydroxylation is 2. The van der Waals surface area contributed by atoms with Gasteiger partial charge in [0.15, 0.2) is 0 Å². The minimum absolute atomic E-state index is 0.0458. The van der Waals surface area contributed by atoms with Gasteiger partial charge in [0, 0.05) is 23.3 Å². The highest BCUT2D eigenvalue weighted by Crippen LogP contribution is 2.17. The summed E-state index contributed by atoms with van der Waals surface area (Å²) < 4.78 is 0. The number of aromatic amines is 1. The van der Waals surface area contributed by atoms with E-state index in [0.717, 1.165) is 12.8 Å². The van der Waals surface area contributed by atoms with Crippen molar-refractivity contribution in [3.8, 4) is 0 Å². The van der Waals surface area contributed by atoms with E-state index in [1.165, 1.54) is 0 Å². The Morgan fingerprint density at radius 1 is 1.50 bits per heavy atom. The number of amides is 1. The third kappa shape index (κ3) is 2.59. The Bertz CT molecular complexity index is 523. The summed E-state index contributed by atoms with van der Waals surface area (Å²) >= 11 is 0. The molecule has 1 aliphatic rings. The van der Waals surface area contributed by atoms with E-state index in [1.807, 2.05) is 0 Å². The molecule has 0 aromatic carbocycles. The molecular weight excluding hydrogens is 232 g/mol. The van der Waals surface area contributed by atoms with Gasteiger partial charge in [-0.25, -0.2) is 4.98 Å². The molecule has 98 valence electrons. The Morgan fingerprint density at radius 2 is 2.22 bits per heavy atom. The van der Waals surface area contributed by atoms with E-state index >= 15 is 0 Å². The zero-order valence-corrected chi connectivity index (χ0v) is 10.6. The maximum atomic E-state index is 11.8.